The SMILES string of the molecule is CC(C)OCCCCn1c(CCl)nc2cc(F)ccc21. The molecule has 0 bridgehead atoms. The highest BCUT2D eigenvalue weighted by atomic mass is 35.5. The van der Waals surface area contributed by atoms with Crippen LogP contribution >= 0.6 is 11.6 Å². The van der Waals surface area contributed by atoms with Crippen molar-refractivity contribution in [1.29, 1.82) is 0 Å². The number of benzene rings is 1. The van der Waals surface area contributed by atoms with Crippen LogP contribution in [0, 0.1) is 5.82 Å². The van der Waals surface area contributed by atoms with Crippen LogP contribution in [0.2, 0.25) is 0 Å². The fraction of sp³-hybridized carbons (Fsp3) is 0.533. The molecule has 0 saturated heterocycles. The zero-order valence-electron chi connectivity index (χ0n) is 11.9. The third kappa shape index (κ3) is 3.70. The number of rotatable bonds is 7. The summed E-state index contributed by atoms with van der Waals surface area (Å²) < 4.78 is 20.8. The first-order chi connectivity index (χ1) is 9.61. The van der Waals surface area contributed by atoms with Gasteiger partial charge in [0.2, 0.25) is 0 Å². The number of fused-ring (bicyclic) bond motifs is 1. The molecule has 1 aromatic carbocycles. The number of hydrogen-bond acceptors (Lipinski definition) is 2. The molecule has 110 valence electrons. The zero-order chi connectivity index (χ0) is 14.5. The smallest absolute Gasteiger partial charge is 0.125 e. The van der Waals surface area contributed by atoms with Crippen molar-refractivity contribution >= 4 is 22.6 Å². The summed E-state index contributed by atoms with van der Waals surface area (Å²) >= 11 is 5.92. The molecule has 0 unspecified atom stereocenters. The Morgan fingerprint density at radius 1 is 1.35 bits per heavy atom. The van der Waals surface area contributed by atoms with Gasteiger partial charge in [-0.2, -0.15) is 0 Å². The van der Waals surface area contributed by atoms with Gasteiger partial charge < -0.3 is 9.30 Å². The first-order valence-electron chi connectivity index (χ1n) is 6.94. The molecule has 1 heterocycles. The molecule has 0 aliphatic carbocycles. The summed E-state index contributed by atoms with van der Waals surface area (Å²) in [6, 6.07) is 4.67. The molecule has 3 nitrogen and oxygen atoms in total. The minimum Gasteiger partial charge on any atom is -0.379 e. The maximum absolute atomic E-state index is 13.2. The first-order valence-corrected chi connectivity index (χ1v) is 7.47. The van der Waals surface area contributed by atoms with E-state index in [4.69, 9.17) is 16.3 Å². The van der Waals surface area contributed by atoms with Gasteiger partial charge in [0.05, 0.1) is 23.0 Å². The van der Waals surface area contributed by atoms with Crippen molar-refractivity contribution in [2.24, 2.45) is 0 Å². The number of hydrogen-bond donors (Lipinski definition) is 0. The second-order valence-electron chi connectivity index (χ2n) is 5.07. The van der Waals surface area contributed by atoms with Gasteiger partial charge >= 0.3 is 0 Å². The fourth-order valence-electron chi connectivity index (χ4n) is 2.20. The second kappa shape index (κ2) is 7.04. The lowest BCUT2D eigenvalue weighted by Crippen LogP contribution is -2.07. The number of ether oxygens (including phenoxy) is 1. The normalized spacial score (nSPS) is 11.7. The average Bonchev–Trinajstić information content (AvgIpc) is 2.75. The van der Waals surface area contributed by atoms with Crippen LogP contribution in [0.25, 0.3) is 11.0 Å². The summed E-state index contributed by atoms with van der Waals surface area (Å²) in [6.45, 7) is 5.65. The van der Waals surface area contributed by atoms with Crippen LogP contribution in [0.5, 0.6) is 0 Å². The molecule has 0 spiro atoms. The number of imidazole rings is 1. The van der Waals surface area contributed by atoms with Crippen LogP contribution in [0.4, 0.5) is 4.39 Å². The Labute approximate surface area is 123 Å². The van der Waals surface area contributed by atoms with Crippen molar-refractivity contribution in [1.82, 2.24) is 9.55 Å². The summed E-state index contributed by atoms with van der Waals surface area (Å²) in [6.07, 6.45) is 2.24. The number of aromatic nitrogens is 2. The summed E-state index contributed by atoms with van der Waals surface area (Å²) in [7, 11) is 0. The third-order valence-electron chi connectivity index (χ3n) is 3.14. The van der Waals surface area contributed by atoms with Gasteiger partial charge in [0.15, 0.2) is 0 Å². The number of alkyl halides is 1. The molecule has 20 heavy (non-hydrogen) atoms. The average molecular weight is 299 g/mol. The Balaban J connectivity index is 2.04. The van der Waals surface area contributed by atoms with Crippen LogP contribution in [0.1, 0.15) is 32.5 Å². The van der Waals surface area contributed by atoms with E-state index >= 15 is 0 Å². The van der Waals surface area contributed by atoms with E-state index in [1.807, 2.05) is 13.8 Å². The molecular weight excluding hydrogens is 279 g/mol. The molecule has 2 aromatic rings. The lowest BCUT2D eigenvalue weighted by Gasteiger charge is -2.09. The Bertz CT molecular complexity index is 568. The highest BCUT2D eigenvalue weighted by Gasteiger charge is 2.10. The first kappa shape index (κ1) is 15.3. The molecule has 0 radical (unpaired) electrons. The molecule has 0 saturated carbocycles. The summed E-state index contributed by atoms with van der Waals surface area (Å²) in [5.41, 5.74) is 1.60. The van der Waals surface area contributed by atoms with Crippen LogP contribution in [-0.2, 0) is 17.2 Å². The van der Waals surface area contributed by atoms with Crippen molar-refractivity contribution in [2.75, 3.05) is 6.61 Å². The van der Waals surface area contributed by atoms with Gasteiger partial charge in [0, 0.05) is 19.2 Å². The monoisotopic (exact) mass is 298 g/mol. The maximum Gasteiger partial charge on any atom is 0.125 e. The van der Waals surface area contributed by atoms with E-state index in [0.29, 0.717) is 11.4 Å². The summed E-state index contributed by atoms with van der Waals surface area (Å²) in [4.78, 5) is 4.38. The molecule has 0 amide bonds. The molecule has 1 aromatic heterocycles. The lowest BCUT2D eigenvalue weighted by atomic mass is 10.3. The lowest BCUT2D eigenvalue weighted by molar-refractivity contribution is 0.0754. The molecule has 2 rings (SSSR count). The Kier molecular flexibility index (Phi) is 5.38. The Morgan fingerprint density at radius 3 is 2.85 bits per heavy atom. The van der Waals surface area contributed by atoms with E-state index in [2.05, 4.69) is 9.55 Å². The Morgan fingerprint density at radius 2 is 2.15 bits per heavy atom. The van der Waals surface area contributed by atoms with E-state index in [0.717, 1.165) is 37.3 Å². The molecular formula is C15H20ClFN2O. The Hall–Kier alpha value is -1.13. The van der Waals surface area contributed by atoms with E-state index in [1.54, 1.807) is 6.07 Å². The molecule has 0 N–H and O–H groups in total. The van der Waals surface area contributed by atoms with Crippen LogP contribution < -0.4 is 0 Å². The van der Waals surface area contributed by atoms with Crippen molar-refractivity contribution in [3.8, 4) is 0 Å². The number of halogens is 2. The van der Waals surface area contributed by atoms with E-state index in [1.165, 1.54) is 12.1 Å². The van der Waals surface area contributed by atoms with E-state index in [9.17, 15) is 4.39 Å². The van der Waals surface area contributed by atoms with Gasteiger partial charge in [-0.3, -0.25) is 0 Å². The molecule has 0 aliphatic rings. The van der Waals surface area contributed by atoms with E-state index < -0.39 is 0 Å². The minimum atomic E-state index is -0.270. The van der Waals surface area contributed by atoms with Crippen molar-refractivity contribution in [2.45, 2.75) is 45.2 Å². The molecule has 0 fully saturated rings. The highest BCUT2D eigenvalue weighted by molar-refractivity contribution is 6.16. The second-order valence-corrected chi connectivity index (χ2v) is 5.34. The standard InChI is InChI=1S/C15H20ClFN2O/c1-11(2)20-8-4-3-7-19-14-6-5-12(17)9-13(14)18-15(19)10-16/h5-6,9,11H,3-4,7-8,10H2,1-2H3. The number of unbranched alkanes of at least 4 members (excludes halogenated alkanes) is 1. The quantitative estimate of drug-likeness (QED) is 0.568. The van der Waals surface area contributed by atoms with Gasteiger partial charge in [-0.1, -0.05) is 0 Å². The highest BCUT2D eigenvalue weighted by Crippen LogP contribution is 2.19. The summed E-state index contributed by atoms with van der Waals surface area (Å²) in [5.74, 6) is 0.851. The van der Waals surface area contributed by atoms with Crippen molar-refractivity contribution in [3.05, 3.63) is 29.8 Å². The van der Waals surface area contributed by atoms with Gasteiger partial charge in [0.25, 0.3) is 0 Å². The van der Waals surface area contributed by atoms with Crippen LogP contribution in [0.3, 0.4) is 0 Å². The topological polar surface area (TPSA) is 27.1 Å². The largest absolute Gasteiger partial charge is 0.379 e. The zero-order valence-corrected chi connectivity index (χ0v) is 12.7. The molecule has 0 aliphatic heterocycles. The number of nitrogens with zero attached hydrogens (tertiary/aromatic N) is 2. The van der Waals surface area contributed by atoms with Crippen molar-refractivity contribution in [3.63, 3.8) is 0 Å². The van der Waals surface area contributed by atoms with Gasteiger partial charge in [-0.05, 0) is 38.8 Å². The minimum absolute atomic E-state index is 0.269. The van der Waals surface area contributed by atoms with Gasteiger partial charge in [0.1, 0.15) is 11.6 Å². The molecule has 0 atom stereocenters. The fourth-order valence-corrected chi connectivity index (χ4v) is 2.40. The number of aryl methyl sites for hydroxylation is 1. The maximum atomic E-state index is 13.2. The molecule has 5 heteroatoms. The van der Waals surface area contributed by atoms with Gasteiger partial charge in [-0.15, -0.1) is 11.6 Å². The van der Waals surface area contributed by atoms with Crippen molar-refractivity contribution < 1.29 is 9.13 Å². The van der Waals surface area contributed by atoms with Crippen LogP contribution in [0.15, 0.2) is 18.2 Å². The van der Waals surface area contributed by atoms with Crippen LogP contribution in [-0.4, -0.2) is 22.3 Å². The predicted octanol–water partition coefficient (Wildman–Crippen LogP) is 4.12. The predicted molar refractivity (Wildman–Crippen MR) is 79.6 cm³/mol. The van der Waals surface area contributed by atoms with Gasteiger partial charge in [-0.25, -0.2) is 9.37 Å². The van der Waals surface area contributed by atoms with E-state index in [-0.39, 0.29) is 11.9 Å². The third-order valence-corrected chi connectivity index (χ3v) is 3.38. The summed E-state index contributed by atoms with van der Waals surface area (Å²) in [5, 5.41) is 0.